The summed E-state index contributed by atoms with van der Waals surface area (Å²) < 4.78 is 5.53. The highest BCUT2D eigenvalue weighted by molar-refractivity contribution is 5.93. The number of carbonyl (C=O) groups excluding carboxylic acids is 1. The number of nitrogens with two attached hydrogens (primary N) is 1. The Balaban J connectivity index is 1.40. The van der Waals surface area contributed by atoms with Gasteiger partial charge in [-0.1, -0.05) is 30.3 Å². The van der Waals surface area contributed by atoms with Gasteiger partial charge in [-0.3, -0.25) is 0 Å². The Bertz CT molecular complexity index is 1220. The molecule has 8 heteroatoms. The van der Waals surface area contributed by atoms with Gasteiger partial charge in [0.2, 0.25) is 0 Å². The first-order chi connectivity index (χ1) is 18.7. The zero-order valence-corrected chi connectivity index (χ0v) is 23.9. The Kier molecular flexibility index (Phi) is 9.64. The van der Waals surface area contributed by atoms with E-state index in [2.05, 4.69) is 70.7 Å². The molecule has 3 aromatic rings. The first kappa shape index (κ1) is 28.6. The first-order valence-corrected chi connectivity index (χ1v) is 14.1. The molecule has 0 atom stereocenters. The zero-order chi connectivity index (χ0) is 27.8. The fraction of sp³-hybridized carbons (Fsp3) is 0.484. The van der Waals surface area contributed by atoms with Crippen LogP contribution in [0.15, 0.2) is 54.6 Å². The van der Waals surface area contributed by atoms with E-state index < -0.39 is 5.60 Å². The van der Waals surface area contributed by atoms with Crippen LogP contribution in [0.3, 0.4) is 0 Å². The molecule has 1 amide bonds. The second-order valence-electron chi connectivity index (χ2n) is 11.3. The molecule has 1 aliphatic rings. The highest BCUT2D eigenvalue weighted by Gasteiger charge is 2.26. The minimum absolute atomic E-state index is 0.233. The minimum Gasteiger partial charge on any atom is -0.444 e. The van der Waals surface area contributed by atoms with Gasteiger partial charge in [-0.05, 0) is 84.6 Å². The quantitative estimate of drug-likeness (QED) is 0.354. The van der Waals surface area contributed by atoms with Gasteiger partial charge < -0.3 is 30.5 Å². The normalized spacial score (nSPS) is 14.2. The van der Waals surface area contributed by atoms with E-state index in [4.69, 9.17) is 15.5 Å². The van der Waals surface area contributed by atoms with Crippen molar-refractivity contribution in [3.8, 4) is 11.3 Å². The molecule has 0 unspecified atom stereocenters. The van der Waals surface area contributed by atoms with Crippen molar-refractivity contribution in [1.82, 2.24) is 14.8 Å². The van der Waals surface area contributed by atoms with Gasteiger partial charge in [-0.15, -0.1) is 0 Å². The van der Waals surface area contributed by atoms with Crippen molar-refractivity contribution < 1.29 is 9.53 Å². The van der Waals surface area contributed by atoms with Gasteiger partial charge in [0.05, 0.1) is 11.2 Å². The molecule has 39 heavy (non-hydrogen) atoms. The van der Waals surface area contributed by atoms with Crippen molar-refractivity contribution in [2.45, 2.75) is 39.2 Å². The van der Waals surface area contributed by atoms with Crippen molar-refractivity contribution in [3.63, 3.8) is 0 Å². The molecule has 210 valence electrons. The van der Waals surface area contributed by atoms with E-state index in [0.717, 1.165) is 85.6 Å². The second kappa shape index (κ2) is 13.1. The number of nitrogens with zero attached hydrogens (tertiary/aromatic N) is 4. The summed E-state index contributed by atoms with van der Waals surface area (Å²) >= 11 is 0. The highest BCUT2D eigenvalue weighted by Crippen LogP contribution is 2.30. The molecule has 4 rings (SSSR count). The summed E-state index contributed by atoms with van der Waals surface area (Å²) in [7, 11) is 2.15. The monoisotopic (exact) mass is 532 g/mol. The minimum atomic E-state index is -0.475. The maximum absolute atomic E-state index is 12.4. The third kappa shape index (κ3) is 8.07. The molecule has 0 aliphatic carbocycles. The number of benzene rings is 2. The fourth-order valence-corrected chi connectivity index (χ4v) is 4.83. The van der Waals surface area contributed by atoms with Crippen molar-refractivity contribution in [2.24, 2.45) is 5.73 Å². The number of hydrogen-bond donors (Lipinski definition) is 2. The Hall–Kier alpha value is -3.36. The number of rotatable bonds is 10. The number of hydrogen-bond acceptors (Lipinski definition) is 7. The number of aromatic nitrogens is 1. The van der Waals surface area contributed by atoms with Crippen LogP contribution < -0.4 is 16.0 Å². The van der Waals surface area contributed by atoms with Crippen molar-refractivity contribution in [1.29, 1.82) is 0 Å². The van der Waals surface area contributed by atoms with E-state index in [-0.39, 0.29) is 6.09 Å². The van der Waals surface area contributed by atoms with Crippen molar-refractivity contribution >= 4 is 28.4 Å². The van der Waals surface area contributed by atoms with Crippen LogP contribution in [0.25, 0.3) is 22.2 Å². The van der Waals surface area contributed by atoms with Gasteiger partial charge in [0, 0.05) is 55.0 Å². The van der Waals surface area contributed by atoms with Crippen LogP contribution in [-0.4, -0.2) is 85.9 Å². The molecule has 1 saturated heterocycles. The standard InChI is InChI=1S/C31H44N6O2/c1-31(2,3)39-30(38)37-21-19-36(20-22-37)25-13-11-24(12-14-25)28-23-29(26-9-5-6-10-27(26)34-28)33-16-8-18-35(4)17-7-15-32/h5-6,9-14,23H,7-8,15-22,32H2,1-4H3,(H,33,34). The predicted molar refractivity (Wildman–Crippen MR) is 161 cm³/mol. The highest BCUT2D eigenvalue weighted by atomic mass is 16.6. The number of piperazine rings is 1. The number of fused-ring (bicyclic) bond motifs is 1. The molecule has 0 bridgehead atoms. The predicted octanol–water partition coefficient (Wildman–Crippen LogP) is 5.04. The van der Waals surface area contributed by atoms with Crippen LogP contribution in [0.5, 0.6) is 0 Å². The fourth-order valence-electron chi connectivity index (χ4n) is 4.83. The molecular formula is C31H44N6O2. The molecule has 1 fully saturated rings. The average Bonchev–Trinajstić information content (AvgIpc) is 2.93. The number of anilines is 2. The van der Waals surface area contributed by atoms with Gasteiger partial charge in [0.1, 0.15) is 5.60 Å². The summed E-state index contributed by atoms with van der Waals surface area (Å²) in [4.78, 5) is 23.8. The van der Waals surface area contributed by atoms with Gasteiger partial charge in [-0.25, -0.2) is 9.78 Å². The summed E-state index contributed by atoms with van der Waals surface area (Å²) in [6, 6.07) is 19.0. The van der Waals surface area contributed by atoms with Crippen LogP contribution in [0.4, 0.5) is 16.2 Å². The zero-order valence-electron chi connectivity index (χ0n) is 23.9. The van der Waals surface area contributed by atoms with Gasteiger partial charge in [0.25, 0.3) is 0 Å². The summed E-state index contributed by atoms with van der Waals surface area (Å²) in [6.45, 7) is 12.3. The molecule has 2 aromatic carbocycles. The molecular weight excluding hydrogens is 488 g/mol. The van der Waals surface area contributed by atoms with E-state index in [0.29, 0.717) is 13.1 Å². The first-order valence-electron chi connectivity index (χ1n) is 14.1. The average molecular weight is 533 g/mol. The van der Waals surface area contributed by atoms with E-state index in [1.165, 1.54) is 0 Å². The van der Waals surface area contributed by atoms with Crippen LogP contribution in [0.1, 0.15) is 33.6 Å². The lowest BCUT2D eigenvalue weighted by atomic mass is 10.1. The Morgan fingerprint density at radius 1 is 1.03 bits per heavy atom. The van der Waals surface area contributed by atoms with Gasteiger partial charge in [0.15, 0.2) is 0 Å². The molecule has 3 N–H and O–H groups in total. The summed E-state index contributed by atoms with van der Waals surface area (Å²) in [6.07, 6.45) is 1.86. The Labute approximate surface area is 233 Å². The molecule has 0 saturated carbocycles. The molecule has 8 nitrogen and oxygen atoms in total. The number of nitrogens with one attached hydrogen (secondary N) is 1. The van der Waals surface area contributed by atoms with E-state index in [1.54, 1.807) is 4.90 Å². The number of para-hydroxylation sites is 1. The third-order valence-corrected chi connectivity index (χ3v) is 6.95. The van der Waals surface area contributed by atoms with Gasteiger partial charge in [-0.2, -0.15) is 0 Å². The largest absolute Gasteiger partial charge is 0.444 e. The summed E-state index contributed by atoms with van der Waals surface area (Å²) in [5.74, 6) is 0. The number of ether oxygens (including phenoxy) is 1. The summed E-state index contributed by atoms with van der Waals surface area (Å²) in [5, 5.41) is 4.79. The molecule has 1 aliphatic heterocycles. The number of pyridine rings is 1. The molecule has 0 radical (unpaired) electrons. The van der Waals surface area contributed by atoms with E-state index in [9.17, 15) is 4.79 Å². The van der Waals surface area contributed by atoms with Crippen LogP contribution in [0, 0.1) is 0 Å². The lowest BCUT2D eigenvalue weighted by Crippen LogP contribution is -2.50. The smallest absolute Gasteiger partial charge is 0.410 e. The maximum atomic E-state index is 12.4. The van der Waals surface area contributed by atoms with E-state index in [1.807, 2.05) is 26.8 Å². The van der Waals surface area contributed by atoms with E-state index >= 15 is 0 Å². The Morgan fingerprint density at radius 3 is 2.41 bits per heavy atom. The lowest BCUT2D eigenvalue weighted by Gasteiger charge is -2.36. The third-order valence-electron chi connectivity index (χ3n) is 6.95. The number of carbonyl (C=O) groups is 1. The van der Waals surface area contributed by atoms with Gasteiger partial charge >= 0.3 is 6.09 Å². The summed E-state index contributed by atoms with van der Waals surface area (Å²) in [5.41, 5.74) is 10.5. The topological polar surface area (TPSA) is 87.0 Å². The van der Waals surface area contributed by atoms with Crippen LogP contribution in [-0.2, 0) is 4.74 Å². The van der Waals surface area contributed by atoms with Crippen LogP contribution in [0.2, 0.25) is 0 Å². The molecule has 1 aromatic heterocycles. The van der Waals surface area contributed by atoms with Crippen molar-refractivity contribution in [2.75, 3.05) is 69.6 Å². The molecule has 0 spiro atoms. The Morgan fingerprint density at radius 2 is 1.72 bits per heavy atom. The molecule has 2 heterocycles. The second-order valence-corrected chi connectivity index (χ2v) is 11.3. The number of amides is 1. The lowest BCUT2D eigenvalue weighted by molar-refractivity contribution is 0.0240. The van der Waals surface area contributed by atoms with Crippen molar-refractivity contribution in [3.05, 3.63) is 54.6 Å². The van der Waals surface area contributed by atoms with Crippen LogP contribution >= 0.6 is 0 Å². The maximum Gasteiger partial charge on any atom is 0.410 e. The SMILES string of the molecule is CN(CCCN)CCCNc1cc(-c2ccc(N3CCN(C(=O)OC(C)(C)C)CC3)cc2)nc2ccccc12.